The minimum absolute atomic E-state index is 0.0575. The predicted molar refractivity (Wildman–Crippen MR) is 53.3 cm³/mol. The van der Waals surface area contributed by atoms with E-state index in [1.54, 1.807) is 18.6 Å². The third kappa shape index (κ3) is 1.67. The van der Waals surface area contributed by atoms with Crippen molar-refractivity contribution >= 4 is 0 Å². The molecule has 6 heteroatoms. The van der Waals surface area contributed by atoms with Crippen LogP contribution in [0.1, 0.15) is 24.8 Å². The van der Waals surface area contributed by atoms with Crippen molar-refractivity contribution in [3.8, 4) is 11.5 Å². The molecule has 0 bridgehead atoms. The molecule has 3 rings (SSSR count). The van der Waals surface area contributed by atoms with Gasteiger partial charge >= 0.3 is 0 Å². The van der Waals surface area contributed by atoms with Gasteiger partial charge in [-0.15, -0.1) is 0 Å². The first-order valence-electron chi connectivity index (χ1n) is 5.15. The van der Waals surface area contributed by atoms with Crippen LogP contribution in [-0.4, -0.2) is 26.7 Å². The third-order valence-corrected chi connectivity index (χ3v) is 2.44. The summed E-state index contributed by atoms with van der Waals surface area (Å²) < 4.78 is 10.6. The quantitative estimate of drug-likeness (QED) is 0.758. The van der Waals surface area contributed by atoms with Crippen molar-refractivity contribution < 1.29 is 9.26 Å². The SMILES string of the molecule is c1cnc(-c2noc(C3CCCO3)n2)cn1. The fourth-order valence-corrected chi connectivity index (χ4v) is 1.66. The van der Waals surface area contributed by atoms with E-state index in [0.29, 0.717) is 17.4 Å². The highest BCUT2D eigenvalue weighted by Gasteiger charge is 2.24. The summed E-state index contributed by atoms with van der Waals surface area (Å²) in [5, 5.41) is 3.86. The fraction of sp³-hybridized carbons (Fsp3) is 0.400. The van der Waals surface area contributed by atoms with Crippen molar-refractivity contribution in [2.75, 3.05) is 6.61 Å². The van der Waals surface area contributed by atoms with Crippen LogP contribution in [0.2, 0.25) is 0 Å². The van der Waals surface area contributed by atoms with Crippen LogP contribution in [0.5, 0.6) is 0 Å². The molecular formula is C10H10N4O2. The Balaban J connectivity index is 1.87. The number of rotatable bonds is 2. The molecule has 0 aromatic carbocycles. The lowest BCUT2D eigenvalue weighted by Crippen LogP contribution is -1.95. The van der Waals surface area contributed by atoms with Crippen LogP contribution in [0.25, 0.3) is 11.5 Å². The monoisotopic (exact) mass is 218 g/mol. The second-order valence-electron chi connectivity index (χ2n) is 3.55. The van der Waals surface area contributed by atoms with Crippen LogP contribution in [-0.2, 0) is 4.74 Å². The maximum absolute atomic E-state index is 5.46. The molecule has 0 spiro atoms. The first-order chi connectivity index (χ1) is 7.93. The Morgan fingerprint density at radius 1 is 1.31 bits per heavy atom. The lowest BCUT2D eigenvalue weighted by molar-refractivity contribution is 0.0835. The van der Waals surface area contributed by atoms with Crippen molar-refractivity contribution in [3.63, 3.8) is 0 Å². The van der Waals surface area contributed by atoms with Gasteiger partial charge in [-0.3, -0.25) is 4.98 Å². The topological polar surface area (TPSA) is 73.9 Å². The minimum atomic E-state index is -0.0575. The highest BCUT2D eigenvalue weighted by molar-refractivity contribution is 5.45. The third-order valence-electron chi connectivity index (χ3n) is 2.44. The summed E-state index contributed by atoms with van der Waals surface area (Å²) in [6.07, 6.45) is 6.71. The number of ether oxygens (including phenoxy) is 1. The van der Waals surface area contributed by atoms with Crippen LogP contribution in [0.15, 0.2) is 23.1 Å². The van der Waals surface area contributed by atoms with Crippen molar-refractivity contribution in [3.05, 3.63) is 24.5 Å². The Kier molecular flexibility index (Phi) is 2.34. The summed E-state index contributed by atoms with van der Waals surface area (Å²) in [7, 11) is 0. The first-order valence-corrected chi connectivity index (χ1v) is 5.15. The zero-order valence-corrected chi connectivity index (χ0v) is 8.54. The number of hydrogen-bond donors (Lipinski definition) is 0. The average molecular weight is 218 g/mol. The molecule has 3 heterocycles. The molecule has 0 N–H and O–H groups in total. The Hall–Kier alpha value is -1.82. The van der Waals surface area contributed by atoms with Gasteiger partial charge < -0.3 is 9.26 Å². The van der Waals surface area contributed by atoms with E-state index in [2.05, 4.69) is 20.1 Å². The highest BCUT2D eigenvalue weighted by Crippen LogP contribution is 2.28. The summed E-state index contributed by atoms with van der Waals surface area (Å²) in [4.78, 5) is 12.3. The fourth-order valence-electron chi connectivity index (χ4n) is 1.66. The Morgan fingerprint density at radius 2 is 2.31 bits per heavy atom. The summed E-state index contributed by atoms with van der Waals surface area (Å²) in [6, 6.07) is 0. The van der Waals surface area contributed by atoms with Gasteiger partial charge in [-0.2, -0.15) is 4.98 Å². The van der Waals surface area contributed by atoms with Crippen molar-refractivity contribution in [2.45, 2.75) is 18.9 Å². The van der Waals surface area contributed by atoms with E-state index in [9.17, 15) is 0 Å². The van der Waals surface area contributed by atoms with Gasteiger partial charge in [0.05, 0.1) is 6.20 Å². The predicted octanol–water partition coefficient (Wildman–Crippen LogP) is 1.38. The van der Waals surface area contributed by atoms with E-state index in [1.165, 1.54) is 0 Å². The standard InChI is InChI=1S/C10H10N4O2/c1-2-8(15-5-1)10-13-9(14-16-10)7-6-11-3-4-12-7/h3-4,6,8H,1-2,5H2. The molecule has 1 fully saturated rings. The molecule has 16 heavy (non-hydrogen) atoms. The van der Waals surface area contributed by atoms with Gasteiger partial charge in [-0.25, -0.2) is 4.98 Å². The molecular weight excluding hydrogens is 208 g/mol. The van der Waals surface area contributed by atoms with E-state index in [4.69, 9.17) is 9.26 Å². The van der Waals surface area contributed by atoms with Crippen LogP contribution < -0.4 is 0 Å². The molecule has 0 saturated carbocycles. The maximum Gasteiger partial charge on any atom is 0.256 e. The van der Waals surface area contributed by atoms with Crippen molar-refractivity contribution in [1.29, 1.82) is 0 Å². The van der Waals surface area contributed by atoms with Gasteiger partial charge in [0.25, 0.3) is 5.89 Å². The number of nitrogens with zero attached hydrogens (tertiary/aromatic N) is 4. The van der Waals surface area contributed by atoms with Crippen LogP contribution in [0, 0.1) is 0 Å². The zero-order chi connectivity index (χ0) is 10.8. The van der Waals surface area contributed by atoms with Gasteiger partial charge in [0, 0.05) is 19.0 Å². The molecule has 2 aromatic rings. The molecule has 1 aliphatic heterocycles. The lowest BCUT2D eigenvalue weighted by atomic mass is 10.2. The van der Waals surface area contributed by atoms with Gasteiger partial charge in [0.2, 0.25) is 5.82 Å². The van der Waals surface area contributed by atoms with E-state index in [-0.39, 0.29) is 6.10 Å². The normalized spacial score (nSPS) is 20.1. The molecule has 82 valence electrons. The van der Waals surface area contributed by atoms with Gasteiger partial charge in [-0.05, 0) is 12.8 Å². The molecule has 1 unspecified atom stereocenters. The van der Waals surface area contributed by atoms with Crippen LogP contribution in [0.4, 0.5) is 0 Å². The number of hydrogen-bond acceptors (Lipinski definition) is 6. The largest absolute Gasteiger partial charge is 0.368 e. The van der Waals surface area contributed by atoms with E-state index < -0.39 is 0 Å². The molecule has 1 atom stereocenters. The molecule has 1 saturated heterocycles. The highest BCUT2D eigenvalue weighted by atomic mass is 16.5. The molecule has 0 aliphatic carbocycles. The minimum Gasteiger partial charge on any atom is -0.368 e. The van der Waals surface area contributed by atoms with Crippen molar-refractivity contribution in [1.82, 2.24) is 20.1 Å². The summed E-state index contributed by atoms with van der Waals surface area (Å²) in [5.74, 6) is 0.983. The Labute approximate surface area is 91.7 Å². The van der Waals surface area contributed by atoms with Crippen LogP contribution >= 0.6 is 0 Å². The second kappa shape index (κ2) is 3.97. The summed E-state index contributed by atoms with van der Waals surface area (Å²) in [6.45, 7) is 0.757. The summed E-state index contributed by atoms with van der Waals surface area (Å²) in [5.41, 5.74) is 0.607. The lowest BCUT2D eigenvalue weighted by Gasteiger charge is -2.00. The molecule has 6 nitrogen and oxygen atoms in total. The van der Waals surface area contributed by atoms with Gasteiger partial charge in [0.15, 0.2) is 0 Å². The Bertz CT molecular complexity index is 465. The van der Waals surface area contributed by atoms with E-state index >= 15 is 0 Å². The first kappa shape index (κ1) is 9.41. The van der Waals surface area contributed by atoms with Gasteiger partial charge in [-0.1, -0.05) is 5.16 Å². The van der Waals surface area contributed by atoms with Gasteiger partial charge in [0.1, 0.15) is 11.8 Å². The Morgan fingerprint density at radius 3 is 3.06 bits per heavy atom. The molecule has 0 radical (unpaired) electrons. The van der Waals surface area contributed by atoms with E-state index in [1.807, 2.05) is 0 Å². The second-order valence-corrected chi connectivity index (χ2v) is 3.55. The van der Waals surface area contributed by atoms with Crippen LogP contribution in [0.3, 0.4) is 0 Å². The molecule has 0 amide bonds. The van der Waals surface area contributed by atoms with Crippen molar-refractivity contribution in [2.24, 2.45) is 0 Å². The molecule has 2 aromatic heterocycles. The average Bonchev–Trinajstić information content (AvgIpc) is 3.01. The maximum atomic E-state index is 5.46. The number of aromatic nitrogens is 4. The zero-order valence-electron chi connectivity index (χ0n) is 8.54. The molecule has 1 aliphatic rings. The smallest absolute Gasteiger partial charge is 0.256 e. The van der Waals surface area contributed by atoms with E-state index in [0.717, 1.165) is 19.4 Å². The summed E-state index contributed by atoms with van der Waals surface area (Å²) >= 11 is 0.